The minimum atomic E-state index is -0.462. The first kappa shape index (κ1) is 16.2. The maximum absolute atomic E-state index is 10.9. The summed E-state index contributed by atoms with van der Waals surface area (Å²) in [6, 6.07) is 4.57. The molecule has 0 aliphatic heterocycles. The maximum atomic E-state index is 10.9. The summed E-state index contributed by atoms with van der Waals surface area (Å²) in [5.41, 5.74) is 5.87. The quantitative estimate of drug-likeness (QED) is 0.452. The van der Waals surface area contributed by atoms with Crippen LogP contribution in [0.3, 0.4) is 0 Å². The second-order valence-electron chi connectivity index (χ2n) is 4.73. The summed E-state index contributed by atoms with van der Waals surface area (Å²) >= 11 is 3.20. The molecule has 0 saturated heterocycles. The third kappa shape index (κ3) is 3.70. The van der Waals surface area contributed by atoms with E-state index in [0.717, 1.165) is 0 Å². The van der Waals surface area contributed by atoms with Crippen LogP contribution in [-0.2, 0) is 9.47 Å². The highest BCUT2D eigenvalue weighted by Crippen LogP contribution is 2.37. The van der Waals surface area contributed by atoms with E-state index in [2.05, 4.69) is 15.9 Å². The largest absolute Gasteiger partial charge is 0.486 e. The van der Waals surface area contributed by atoms with E-state index in [4.69, 9.17) is 19.9 Å². The third-order valence-electron chi connectivity index (χ3n) is 3.31. The van der Waals surface area contributed by atoms with E-state index in [0.29, 0.717) is 29.9 Å². The lowest BCUT2D eigenvalue weighted by Crippen LogP contribution is -2.59. The second kappa shape index (κ2) is 7.17. The molecule has 2 rings (SSSR count). The van der Waals surface area contributed by atoms with Crippen LogP contribution >= 0.6 is 15.9 Å². The number of halogens is 1. The smallest absolute Gasteiger partial charge is 0.287 e. The molecule has 1 aromatic rings. The zero-order valence-corrected chi connectivity index (χ0v) is 13.1. The number of methoxy groups -OCH3 is 1. The molecule has 8 heteroatoms. The monoisotopic (exact) mass is 360 g/mol. The predicted molar refractivity (Wildman–Crippen MR) is 79.4 cm³/mol. The van der Waals surface area contributed by atoms with Crippen molar-refractivity contribution in [3.8, 4) is 5.75 Å². The van der Waals surface area contributed by atoms with Gasteiger partial charge in [0.25, 0.3) is 5.69 Å². The Bertz CT molecular complexity index is 513. The molecule has 0 aromatic heterocycles. The minimum absolute atomic E-state index is 0.0343. The van der Waals surface area contributed by atoms with Crippen LogP contribution in [0.15, 0.2) is 22.7 Å². The number of nitro groups is 1. The first-order valence-electron chi connectivity index (χ1n) is 6.50. The molecule has 3 atom stereocenters. The van der Waals surface area contributed by atoms with E-state index in [1.807, 2.05) is 0 Å². The van der Waals surface area contributed by atoms with Crippen LogP contribution in [-0.4, -0.2) is 43.5 Å². The van der Waals surface area contributed by atoms with Crippen molar-refractivity contribution in [3.05, 3.63) is 32.8 Å². The van der Waals surface area contributed by atoms with Crippen molar-refractivity contribution < 1.29 is 19.1 Å². The van der Waals surface area contributed by atoms with E-state index in [9.17, 15) is 10.1 Å². The third-order valence-corrected chi connectivity index (χ3v) is 4.11. The fourth-order valence-corrected chi connectivity index (χ4v) is 2.63. The molecule has 0 heterocycles. The van der Waals surface area contributed by atoms with Gasteiger partial charge in [-0.1, -0.05) is 6.07 Å². The standard InChI is InChI=1S/C13H17BrN2O5/c1-19-5-6-20-13-8(15)7-11(13)21-10-4-2-3-9(12(10)14)16(17)18/h2-4,8,11,13H,5-7,15H2,1H3. The molecule has 2 N–H and O–H groups in total. The molecule has 1 saturated carbocycles. The Morgan fingerprint density at radius 1 is 1.48 bits per heavy atom. The molecule has 0 amide bonds. The van der Waals surface area contributed by atoms with Crippen LogP contribution in [0.4, 0.5) is 5.69 Å². The molecule has 116 valence electrons. The van der Waals surface area contributed by atoms with Crippen molar-refractivity contribution in [3.63, 3.8) is 0 Å². The van der Waals surface area contributed by atoms with E-state index < -0.39 is 4.92 Å². The fourth-order valence-electron chi connectivity index (χ4n) is 2.12. The van der Waals surface area contributed by atoms with Gasteiger partial charge in [0.1, 0.15) is 22.4 Å². The topological polar surface area (TPSA) is 96.9 Å². The van der Waals surface area contributed by atoms with Crippen molar-refractivity contribution in [2.24, 2.45) is 5.73 Å². The van der Waals surface area contributed by atoms with Crippen LogP contribution in [0.2, 0.25) is 0 Å². The van der Waals surface area contributed by atoms with E-state index in [1.54, 1.807) is 19.2 Å². The number of nitrogens with zero attached hydrogens (tertiary/aromatic N) is 1. The van der Waals surface area contributed by atoms with E-state index >= 15 is 0 Å². The molecule has 0 spiro atoms. The fraction of sp³-hybridized carbons (Fsp3) is 0.538. The van der Waals surface area contributed by atoms with Gasteiger partial charge in [-0.2, -0.15) is 0 Å². The summed E-state index contributed by atoms with van der Waals surface area (Å²) in [7, 11) is 1.60. The molecule has 0 radical (unpaired) electrons. The van der Waals surface area contributed by atoms with Gasteiger partial charge in [0.15, 0.2) is 0 Å². The zero-order valence-electron chi connectivity index (χ0n) is 11.5. The zero-order chi connectivity index (χ0) is 15.4. The van der Waals surface area contributed by atoms with Gasteiger partial charge in [0.2, 0.25) is 0 Å². The van der Waals surface area contributed by atoms with Gasteiger partial charge < -0.3 is 19.9 Å². The van der Waals surface area contributed by atoms with Gasteiger partial charge in [-0.05, 0) is 22.0 Å². The maximum Gasteiger partial charge on any atom is 0.287 e. The molecule has 7 nitrogen and oxygen atoms in total. The van der Waals surface area contributed by atoms with Gasteiger partial charge in [-0.25, -0.2) is 0 Å². The van der Waals surface area contributed by atoms with Gasteiger partial charge >= 0.3 is 0 Å². The highest BCUT2D eigenvalue weighted by molar-refractivity contribution is 9.10. The molecule has 3 unspecified atom stereocenters. The summed E-state index contributed by atoms with van der Waals surface area (Å²) in [6.45, 7) is 0.918. The lowest BCUT2D eigenvalue weighted by atomic mass is 9.86. The van der Waals surface area contributed by atoms with Crippen molar-refractivity contribution in [2.45, 2.75) is 24.7 Å². The van der Waals surface area contributed by atoms with Crippen molar-refractivity contribution >= 4 is 21.6 Å². The molecule has 0 bridgehead atoms. The Hall–Kier alpha value is -1.22. The number of hydrogen-bond acceptors (Lipinski definition) is 6. The Morgan fingerprint density at radius 3 is 2.86 bits per heavy atom. The van der Waals surface area contributed by atoms with Gasteiger partial charge in [-0.3, -0.25) is 10.1 Å². The van der Waals surface area contributed by atoms with Gasteiger partial charge in [-0.15, -0.1) is 0 Å². The number of benzene rings is 1. The van der Waals surface area contributed by atoms with Gasteiger partial charge in [0.05, 0.1) is 18.1 Å². The first-order chi connectivity index (χ1) is 10.0. The van der Waals surface area contributed by atoms with Crippen LogP contribution in [0.1, 0.15) is 6.42 Å². The Balaban J connectivity index is 2.01. The van der Waals surface area contributed by atoms with Crippen LogP contribution in [0.5, 0.6) is 5.75 Å². The summed E-state index contributed by atoms with van der Waals surface area (Å²) < 4.78 is 16.6. The molecular weight excluding hydrogens is 344 g/mol. The van der Waals surface area contributed by atoms with Crippen LogP contribution < -0.4 is 10.5 Å². The highest BCUT2D eigenvalue weighted by atomic mass is 79.9. The normalized spacial score (nSPS) is 24.4. The number of rotatable bonds is 7. The summed E-state index contributed by atoms with van der Waals surface area (Å²) in [4.78, 5) is 10.4. The summed E-state index contributed by atoms with van der Waals surface area (Å²) in [6.07, 6.45) is 0.203. The average molecular weight is 361 g/mol. The SMILES string of the molecule is COCCOC1C(N)CC1Oc1cccc([N+](=O)[O-])c1Br. The Labute approximate surface area is 130 Å². The van der Waals surface area contributed by atoms with Crippen molar-refractivity contribution in [1.29, 1.82) is 0 Å². The Morgan fingerprint density at radius 2 is 2.24 bits per heavy atom. The molecule has 1 aliphatic rings. The molecule has 21 heavy (non-hydrogen) atoms. The number of nitro benzene ring substituents is 1. The van der Waals surface area contributed by atoms with Crippen molar-refractivity contribution in [1.82, 2.24) is 0 Å². The first-order valence-corrected chi connectivity index (χ1v) is 7.29. The molecule has 1 aromatic carbocycles. The molecule has 1 fully saturated rings. The number of ether oxygens (including phenoxy) is 3. The van der Waals surface area contributed by atoms with Gasteiger partial charge in [0, 0.05) is 25.6 Å². The van der Waals surface area contributed by atoms with Crippen LogP contribution in [0.25, 0.3) is 0 Å². The molecule has 1 aliphatic carbocycles. The molecular formula is C13H17BrN2O5. The summed E-state index contributed by atoms with van der Waals surface area (Å²) in [5.74, 6) is 0.418. The number of hydrogen-bond donors (Lipinski definition) is 1. The number of nitrogens with two attached hydrogens (primary N) is 1. The minimum Gasteiger partial charge on any atom is -0.486 e. The highest BCUT2D eigenvalue weighted by Gasteiger charge is 2.42. The van der Waals surface area contributed by atoms with Crippen molar-refractivity contribution in [2.75, 3.05) is 20.3 Å². The van der Waals surface area contributed by atoms with E-state index in [-0.39, 0.29) is 23.9 Å². The van der Waals surface area contributed by atoms with Crippen LogP contribution in [0, 0.1) is 10.1 Å². The van der Waals surface area contributed by atoms with E-state index in [1.165, 1.54) is 6.07 Å². The summed E-state index contributed by atoms with van der Waals surface area (Å²) in [5, 5.41) is 10.9. The lowest BCUT2D eigenvalue weighted by Gasteiger charge is -2.41. The predicted octanol–water partition coefficient (Wildman–Crippen LogP) is 1.87. The lowest BCUT2D eigenvalue weighted by molar-refractivity contribution is -0.385. The average Bonchev–Trinajstić information content (AvgIpc) is 2.44. The second-order valence-corrected chi connectivity index (χ2v) is 5.52. The Kier molecular flexibility index (Phi) is 5.51.